The van der Waals surface area contributed by atoms with Gasteiger partial charge in [-0.1, -0.05) is 6.92 Å². The molecule has 0 spiro atoms. The van der Waals surface area contributed by atoms with Crippen LogP contribution in [-0.4, -0.2) is 28.5 Å². The molecular weight excluding hydrogens is 198 g/mol. The quantitative estimate of drug-likeness (QED) is 0.839. The zero-order chi connectivity index (χ0) is 11.4. The van der Waals surface area contributed by atoms with Gasteiger partial charge < -0.3 is 5.73 Å². The first-order chi connectivity index (χ1) is 7.79. The molecule has 16 heavy (non-hydrogen) atoms. The molecule has 1 saturated carbocycles. The molecule has 1 fully saturated rings. The molecule has 1 aromatic heterocycles. The first-order valence-corrected chi connectivity index (χ1v) is 6.18. The van der Waals surface area contributed by atoms with Gasteiger partial charge in [-0.15, -0.1) is 0 Å². The average molecular weight is 219 g/mol. The van der Waals surface area contributed by atoms with Crippen LogP contribution in [0.1, 0.15) is 31.7 Å². The molecule has 0 amide bonds. The van der Waals surface area contributed by atoms with E-state index in [1.54, 1.807) is 0 Å². The van der Waals surface area contributed by atoms with Crippen LogP contribution in [0.15, 0.2) is 24.5 Å². The highest BCUT2D eigenvalue weighted by Crippen LogP contribution is 2.23. The summed E-state index contributed by atoms with van der Waals surface area (Å²) in [4.78, 5) is 6.58. The van der Waals surface area contributed by atoms with Crippen LogP contribution in [0.4, 0.5) is 0 Å². The normalized spacial score (nSPS) is 25.2. The topological polar surface area (TPSA) is 42.2 Å². The van der Waals surface area contributed by atoms with Gasteiger partial charge in [0.05, 0.1) is 0 Å². The van der Waals surface area contributed by atoms with Crippen molar-refractivity contribution in [2.24, 2.45) is 5.73 Å². The maximum absolute atomic E-state index is 5.97. The highest BCUT2D eigenvalue weighted by atomic mass is 15.2. The predicted molar refractivity (Wildman–Crippen MR) is 65.9 cm³/mol. The van der Waals surface area contributed by atoms with Crippen molar-refractivity contribution in [2.75, 3.05) is 6.54 Å². The molecule has 1 aliphatic carbocycles. The second-order valence-electron chi connectivity index (χ2n) is 4.65. The summed E-state index contributed by atoms with van der Waals surface area (Å²) in [6, 6.07) is 5.28. The van der Waals surface area contributed by atoms with Crippen LogP contribution >= 0.6 is 0 Å². The molecule has 0 saturated heterocycles. The summed E-state index contributed by atoms with van der Waals surface area (Å²) in [5.41, 5.74) is 7.32. The highest BCUT2D eigenvalue weighted by Gasteiger charge is 2.26. The third-order valence-corrected chi connectivity index (χ3v) is 3.50. The minimum absolute atomic E-state index is 0.413. The van der Waals surface area contributed by atoms with Crippen LogP contribution in [-0.2, 0) is 6.54 Å². The van der Waals surface area contributed by atoms with Gasteiger partial charge in [0, 0.05) is 31.0 Å². The van der Waals surface area contributed by atoms with Gasteiger partial charge in [0.25, 0.3) is 0 Å². The lowest BCUT2D eigenvalue weighted by Gasteiger charge is -2.27. The Morgan fingerprint density at radius 2 is 2.12 bits per heavy atom. The fourth-order valence-electron chi connectivity index (χ4n) is 2.55. The zero-order valence-electron chi connectivity index (χ0n) is 9.97. The number of hydrogen-bond acceptors (Lipinski definition) is 3. The van der Waals surface area contributed by atoms with Crippen molar-refractivity contribution >= 4 is 0 Å². The Bertz CT molecular complexity index is 312. The van der Waals surface area contributed by atoms with E-state index in [0.29, 0.717) is 12.1 Å². The number of pyridine rings is 1. The predicted octanol–water partition coefficient (Wildman–Crippen LogP) is 1.78. The summed E-state index contributed by atoms with van der Waals surface area (Å²) in [6.45, 7) is 4.35. The molecule has 1 heterocycles. The van der Waals surface area contributed by atoms with Gasteiger partial charge in [-0.25, -0.2) is 0 Å². The van der Waals surface area contributed by atoms with E-state index < -0.39 is 0 Å². The third kappa shape index (κ3) is 2.80. The highest BCUT2D eigenvalue weighted by molar-refractivity contribution is 5.09. The monoisotopic (exact) mass is 219 g/mol. The van der Waals surface area contributed by atoms with Crippen LogP contribution < -0.4 is 5.73 Å². The summed E-state index contributed by atoms with van der Waals surface area (Å²) in [5.74, 6) is 0. The average Bonchev–Trinajstić information content (AvgIpc) is 2.74. The number of hydrogen-bond donors (Lipinski definition) is 1. The van der Waals surface area contributed by atoms with Gasteiger partial charge in [-0.05, 0) is 43.5 Å². The summed E-state index contributed by atoms with van der Waals surface area (Å²) in [6.07, 6.45) is 7.31. The van der Waals surface area contributed by atoms with Crippen molar-refractivity contribution in [1.29, 1.82) is 0 Å². The smallest absolute Gasteiger partial charge is 0.0271 e. The first-order valence-electron chi connectivity index (χ1n) is 6.18. The van der Waals surface area contributed by atoms with Gasteiger partial charge in [-0.2, -0.15) is 0 Å². The Morgan fingerprint density at radius 3 is 2.69 bits per heavy atom. The molecule has 88 valence electrons. The van der Waals surface area contributed by atoms with Crippen molar-refractivity contribution in [3.63, 3.8) is 0 Å². The molecule has 3 heteroatoms. The maximum Gasteiger partial charge on any atom is 0.0271 e. The van der Waals surface area contributed by atoms with E-state index >= 15 is 0 Å². The second-order valence-corrected chi connectivity index (χ2v) is 4.65. The molecule has 2 atom stereocenters. The SMILES string of the molecule is CCN(Cc1ccncc1)C1CCC(N)C1. The van der Waals surface area contributed by atoms with Crippen molar-refractivity contribution in [1.82, 2.24) is 9.88 Å². The first kappa shape index (κ1) is 11.6. The lowest BCUT2D eigenvalue weighted by molar-refractivity contribution is 0.199. The van der Waals surface area contributed by atoms with Crippen molar-refractivity contribution < 1.29 is 0 Å². The standard InChI is InChI=1S/C13H21N3/c1-2-16(13-4-3-12(14)9-13)10-11-5-7-15-8-6-11/h5-8,12-13H,2-4,9-10,14H2,1H3. The Labute approximate surface area is 97.7 Å². The Balaban J connectivity index is 1.96. The van der Waals surface area contributed by atoms with Crippen molar-refractivity contribution in [2.45, 2.75) is 44.8 Å². The lowest BCUT2D eigenvalue weighted by Crippen LogP contribution is -2.33. The van der Waals surface area contributed by atoms with Gasteiger partial charge in [0.2, 0.25) is 0 Å². The molecule has 1 aromatic rings. The van der Waals surface area contributed by atoms with Crippen LogP contribution in [0.2, 0.25) is 0 Å². The van der Waals surface area contributed by atoms with E-state index in [0.717, 1.165) is 19.5 Å². The molecular formula is C13H21N3. The minimum atomic E-state index is 0.413. The van der Waals surface area contributed by atoms with E-state index in [1.165, 1.54) is 18.4 Å². The molecule has 0 bridgehead atoms. The zero-order valence-corrected chi connectivity index (χ0v) is 9.97. The van der Waals surface area contributed by atoms with Gasteiger partial charge in [0.15, 0.2) is 0 Å². The molecule has 2 rings (SSSR count). The summed E-state index contributed by atoms with van der Waals surface area (Å²) >= 11 is 0. The molecule has 0 radical (unpaired) electrons. The van der Waals surface area contributed by atoms with Crippen molar-refractivity contribution in [3.05, 3.63) is 30.1 Å². The summed E-state index contributed by atoms with van der Waals surface area (Å²) < 4.78 is 0. The van der Waals surface area contributed by atoms with Gasteiger partial charge in [-0.3, -0.25) is 9.88 Å². The largest absolute Gasteiger partial charge is 0.328 e. The molecule has 0 aliphatic heterocycles. The van der Waals surface area contributed by atoms with Crippen LogP contribution in [0.25, 0.3) is 0 Å². The van der Waals surface area contributed by atoms with E-state index in [4.69, 9.17) is 5.73 Å². The number of rotatable bonds is 4. The molecule has 2 unspecified atom stereocenters. The number of nitrogens with zero attached hydrogens (tertiary/aromatic N) is 2. The third-order valence-electron chi connectivity index (χ3n) is 3.50. The van der Waals surface area contributed by atoms with Gasteiger partial charge in [0.1, 0.15) is 0 Å². The van der Waals surface area contributed by atoms with Crippen LogP contribution in [0.5, 0.6) is 0 Å². The Kier molecular flexibility index (Phi) is 3.91. The Morgan fingerprint density at radius 1 is 1.38 bits per heavy atom. The number of nitrogens with two attached hydrogens (primary N) is 1. The second kappa shape index (κ2) is 5.41. The van der Waals surface area contributed by atoms with E-state index in [1.807, 2.05) is 12.4 Å². The fraction of sp³-hybridized carbons (Fsp3) is 0.615. The van der Waals surface area contributed by atoms with Crippen LogP contribution in [0.3, 0.4) is 0 Å². The van der Waals surface area contributed by atoms with E-state index in [2.05, 4.69) is 28.9 Å². The maximum atomic E-state index is 5.97. The molecule has 0 aromatic carbocycles. The molecule has 3 nitrogen and oxygen atoms in total. The van der Waals surface area contributed by atoms with Crippen molar-refractivity contribution in [3.8, 4) is 0 Å². The van der Waals surface area contributed by atoms with Crippen LogP contribution in [0, 0.1) is 0 Å². The molecule has 2 N–H and O–H groups in total. The van der Waals surface area contributed by atoms with Gasteiger partial charge >= 0.3 is 0 Å². The van der Waals surface area contributed by atoms with E-state index in [9.17, 15) is 0 Å². The number of aromatic nitrogens is 1. The fourth-order valence-corrected chi connectivity index (χ4v) is 2.55. The minimum Gasteiger partial charge on any atom is -0.328 e. The van der Waals surface area contributed by atoms with E-state index in [-0.39, 0.29) is 0 Å². The summed E-state index contributed by atoms with van der Waals surface area (Å²) in [7, 11) is 0. The Hall–Kier alpha value is -0.930. The molecule has 1 aliphatic rings. The lowest BCUT2D eigenvalue weighted by atomic mass is 10.1. The summed E-state index contributed by atoms with van der Waals surface area (Å²) in [5, 5.41) is 0.